The number of rotatable bonds is 3. The minimum atomic E-state index is -1.33. The summed E-state index contributed by atoms with van der Waals surface area (Å²) in [6, 6.07) is 9.55. The molecule has 0 bridgehead atoms. The van der Waals surface area contributed by atoms with Crippen molar-refractivity contribution in [1.82, 2.24) is 4.90 Å². The normalized spacial score (nSPS) is 22.8. The molecule has 98 valence electrons. The number of carbonyl (C=O) groups is 1. The quantitative estimate of drug-likeness (QED) is 0.600. The van der Waals surface area contributed by atoms with Gasteiger partial charge in [-0.2, -0.15) is 0 Å². The van der Waals surface area contributed by atoms with Gasteiger partial charge in [-0.05, 0) is 19.4 Å². The van der Waals surface area contributed by atoms with Gasteiger partial charge in [0, 0.05) is 10.9 Å². The van der Waals surface area contributed by atoms with Gasteiger partial charge in [-0.1, -0.05) is 69.5 Å². The number of amides is 1. The zero-order chi connectivity index (χ0) is 13.6. The number of nitrogens with zero attached hydrogens (tertiary/aromatic N) is 1. The van der Waals surface area contributed by atoms with E-state index in [1.807, 2.05) is 44.2 Å². The first kappa shape index (κ1) is 14.2. The van der Waals surface area contributed by atoms with Crippen LogP contribution in [0.5, 0.6) is 0 Å². The molecular weight excluding hydrogens is 337 g/mol. The van der Waals surface area contributed by atoms with Gasteiger partial charge < -0.3 is 4.90 Å². The summed E-state index contributed by atoms with van der Waals surface area (Å²) in [6.07, 6.45) is 0. The molecule has 1 aromatic rings. The van der Waals surface area contributed by atoms with Crippen LogP contribution in [0.4, 0.5) is 0 Å². The highest BCUT2D eigenvalue weighted by atomic mass is 79.9. The lowest BCUT2D eigenvalue weighted by Gasteiger charge is -2.54. The van der Waals surface area contributed by atoms with E-state index < -0.39 is 4.33 Å². The largest absolute Gasteiger partial charge is 0.328 e. The Hall–Kier alpha value is -0.250. The summed E-state index contributed by atoms with van der Waals surface area (Å²) in [5.41, 5.74) is 1.07. The lowest BCUT2D eigenvalue weighted by atomic mass is 9.89. The van der Waals surface area contributed by atoms with Crippen LogP contribution in [0.15, 0.2) is 30.3 Å². The molecule has 1 unspecified atom stereocenters. The average Bonchev–Trinajstić information content (AvgIpc) is 2.27. The zero-order valence-electron chi connectivity index (χ0n) is 10.2. The van der Waals surface area contributed by atoms with Crippen molar-refractivity contribution in [3.63, 3.8) is 0 Å². The van der Waals surface area contributed by atoms with E-state index in [0.717, 1.165) is 5.56 Å². The summed E-state index contributed by atoms with van der Waals surface area (Å²) in [7, 11) is 0. The molecule has 1 amide bonds. The molecule has 1 aliphatic rings. The highest BCUT2D eigenvalue weighted by Crippen LogP contribution is 2.49. The van der Waals surface area contributed by atoms with Crippen molar-refractivity contribution in [2.24, 2.45) is 0 Å². The number of alkyl halides is 3. The minimum absolute atomic E-state index is 0.229. The molecule has 0 saturated carbocycles. The second-order valence-corrected chi connectivity index (χ2v) is 8.44. The predicted molar refractivity (Wildman–Crippen MR) is 78.2 cm³/mol. The molecule has 1 heterocycles. The Labute approximate surface area is 125 Å². The van der Waals surface area contributed by atoms with Crippen LogP contribution in [0.3, 0.4) is 0 Å². The Balaban J connectivity index is 2.21. The maximum Gasteiger partial charge on any atom is 0.261 e. The van der Waals surface area contributed by atoms with E-state index in [0.29, 0.717) is 6.54 Å². The van der Waals surface area contributed by atoms with Gasteiger partial charge in [0.15, 0.2) is 0 Å². The third-order valence-corrected chi connectivity index (χ3v) is 4.22. The zero-order valence-corrected chi connectivity index (χ0v) is 13.3. The maximum absolute atomic E-state index is 12.0. The highest BCUT2D eigenvalue weighted by Gasteiger charge is 2.63. The van der Waals surface area contributed by atoms with Crippen LogP contribution >= 0.6 is 39.1 Å². The topological polar surface area (TPSA) is 20.3 Å². The van der Waals surface area contributed by atoms with E-state index in [1.54, 1.807) is 4.90 Å². The van der Waals surface area contributed by atoms with E-state index >= 15 is 0 Å². The molecule has 5 heteroatoms. The van der Waals surface area contributed by atoms with Crippen molar-refractivity contribution in [3.05, 3.63) is 35.9 Å². The molecular formula is C13H14BrCl2NO. The van der Waals surface area contributed by atoms with Gasteiger partial charge in [0.2, 0.25) is 4.33 Å². The number of likely N-dealkylation sites (tertiary alicyclic amines) is 1. The molecule has 2 nitrogen and oxygen atoms in total. The van der Waals surface area contributed by atoms with Gasteiger partial charge >= 0.3 is 0 Å². The molecule has 1 saturated heterocycles. The number of hydrogen-bond acceptors (Lipinski definition) is 1. The fourth-order valence-corrected chi connectivity index (χ4v) is 4.15. The molecule has 1 aromatic carbocycles. The monoisotopic (exact) mass is 349 g/mol. The van der Waals surface area contributed by atoms with Crippen LogP contribution in [0, 0.1) is 0 Å². The predicted octanol–water partition coefficient (Wildman–Crippen LogP) is 3.74. The summed E-state index contributed by atoms with van der Waals surface area (Å²) in [5.74, 6) is -0.229. The standard InChI is InChI=1S/C13H14BrCl2NO/c1-12(2,14)10-13(15,16)11(18)17(10)8-9-6-4-3-5-7-9/h3-7,10H,8H2,1-2H3. The Morgan fingerprint density at radius 3 is 2.39 bits per heavy atom. The van der Waals surface area contributed by atoms with Crippen LogP contribution in [0.1, 0.15) is 19.4 Å². The Kier molecular flexibility index (Phi) is 3.69. The van der Waals surface area contributed by atoms with Crippen LogP contribution in [-0.2, 0) is 11.3 Å². The molecule has 1 aliphatic heterocycles. The highest BCUT2D eigenvalue weighted by molar-refractivity contribution is 9.10. The summed E-state index contributed by atoms with van der Waals surface area (Å²) in [4.78, 5) is 13.7. The van der Waals surface area contributed by atoms with Crippen molar-refractivity contribution in [1.29, 1.82) is 0 Å². The average molecular weight is 351 g/mol. The van der Waals surface area contributed by atoms with Crippen molar-refractivity contribution < 1.29 is 4.79 Å². The number of benzene rings is 1. The molecule has 0 radical (unpaired) electrons. The van der Waals surface area contributed by atoms with E-state index in [9.17, 15) is 4.79 Å². The molecule has 0 aliphatic carbocycles. The van der Waals surface area contributed by atoms with Crippen LogP contribution in [0.2, 0.25) is 0 Å². The van der Waals surface area contributed by atoms with Crippen LogP contribution in [-0.4, -0.2) is 25.5 Å². The smallest absolute Gasteiger partial charge is 0.261 e. The maximum atomic E-state index is 12.0. The number of β-lactam (4-membered cyclic amide) rings is 1. The summed E-state index contributed by atoms with van der Waals surface area (Å²) < 4.78 is -1.67. The van der Waals surface area contributed by atoms with Crippen molar-refractivity contribution in [3.8, 4) is 0 Å². The van der Waals surface area contributed by atoms with Crippen LogP contribution in [0.25, 0.3) is 0 Å². The van der Waals surface area contributed by atoms with Gasteiger partial charge in [-0.15, -0.1) is 0 Å². The second-order valence-electron chi connectivity index (χ2n) is 5.01. The Morgan fingerprint density at radius 1 is 1.33 bits per heavy atom. The molecule has 2 rings (SSSR count). The van der Waals surface area contributed by atoms with Gasteiger partial charge in [-0.3, -0.25) is 4.79 Å². The Bertz CT molecular complexity index is 456. The van der Waals surface area contributed by atoms with Crippen molar-refractivity contribution in [2.45, 2.75) is 35.1 Å². The first-order valence-electron chi connectivity index (χ1n) is 5.66. The third kappa shape index (κ3) is 2.40. The van der Waals surface area contributed by atoms with Crippen molar-refractivity contribution >= 4 is 45.0 Å². The van der Waals surface area contributed by atoms with E-state index in [4.69, 9.17) is 23.2 Å². The Morgan fingerprint density at radius 2 is 1.89 bits per heavy atom. The van der Waals surface area contributed by atoms with Gasteiger partial charge in [-0.25, -0.2) is 0 Å². The first-order valence-corrected chi connectivity index (χ1v) is 7.21. The number of halogens is 3. The fraction of sp³-hybridized carbons (Fsp3) is 0.462. The molecule has 1 fully saturated rings. The molecule has 18 heavy (non-hydrogen) atoms. The third-order valence-electron chi connectivity index (χ3n) is 3.05. The number of carbonyl (C=O) groups excluding carboxylic acids is 1. The molecule has 0 spiro atoms. The van der Waals surface area contributed by atoms with Crippen molar-refractivity contribution in [2.75, 3.05) is 0 Å². The summed E-state index contributed by atoms with van der Waals surface area (Å²) in [6.45, 7) is 4.45. The molecule has 0 aromatic heterocycles. The number of hydrogen-bond donors (Lipinski definition) is 0. The summed E-state index contributed by atoms with van der Waals surface area (Å²) >= 11 is 15.8. The van der Waals surface area contributed by atoms with E-state index in [2.05, 4.69) is 15.9 Å². The van der Waals surface area contributed by atoms with Gasteiger partial charge in [0.1, 0.15) is 0 Å². The lowest BCUT2D eigenvalue weighted by molar-refractivity contribution is -0.150. The fourth-order valence-electron chi connectivity index (χ4n) is 2.30. The second kappa shape index (κ2) is 4.69. The SMILES string of the molecule is CC(C)(Br)C1N(Cc2ccccc2)C(=O)C1(Cl)Cl. The lowest BCUT2D eigenvalue weighted by Crippen LogP contribution is -2.73. The van der Waals surface area contributed by atoms with Crippen LogP contribution < -0.4 is 0 Å². The van der Waals surface area contributed by atoms with E-state index in [-0.39, 0.29) is 16.3 Å². The van der Waals surface area contributed by atoms with E-state index in [1.165, 1.54) is 0 Å². The minimum Gasteiger partial charge on any atom is -0.328 e. The first-order chi connectivity index (χ1) is 8.24. The van der Waals surface area contributed by atoms with Gasteiger partial charge in [0.05, 0.1) is 6.04 Å². The summed E-state index contributed by atoms with van der Waals surface area (Å²) in [5, 5.41) is 0. The molecule has 0 N–H and O–H groups in total. The molecule has 1 atom stereocenters. The van der Waals surface area contributed by atoms with Gasteiger partial charge in [0.25, 0.3) is 5.91 Å².